The number of hydrogen-bond acceptors (Lipinski definition) is 2. The smallest absolute Gasteiger partial charge is 0.176 e. The SMILES string of the molecule is Cc1ccc(C(=O)CN2CCCCC2C)cc1C. The van der Waals surface area contributed by atoms with Crippen LogP contribution in [0.2, 0.25) is 0 Å². The summed E-state index contributed by atoms with van der Waals surface area (Å²) in [5, 5.41) is 0. The van der Waals surface area contributed by atoms with Crippen LogP contribution in [0.1, 0.15) is 47.7 Å². The third-order valence-corrected chi connectivity index (χ3v) is 4.12. The van der Waals surface area contributed by atoms with Gasteiger partial charge < -0.3 is 0 Å². The molecule has 0 spiro atoms. The molecule has 1 aliphatic rings. The van der Waals surface area contributed by atoms with Gasteiger partial charge in [-0.25, -0.2) is 0 Å². The van der Waals surface area contributed by atoms with E-state index in [1.807, 2.05) is 18.2 Å². The summed E-state index contributed by atoms with van der Waals surface area (Å²) >= 11 is 0. The lowest BCUT2D eigenvalue weighted by Gasteiger charge is -2.32. The van der Waals surface area contributed by atoms with Crippen molar-refractivity contribution in [3.8, 4) is 0 Å². The fraction of sp³-hybridized carbons (Fsp3) is 0.562. The van der Waals surface area contributed by atoms with Gasteiger partial charge in [0.25, 0.3) is 0 Å². The number of carbonyl (C=O) groups excluding carboxylic acids is 1. The topological polar surface area (TPSA) is 20.3 Å². The van der Waals surface area contributed by atoms with Crippen molar-refractivity contribution in [3.05, 3.63) is 34.9 Å². The van der Waals surface area contributed by atoms with E-state index in [4.69, 9.17) is 0 Å². The van der Waals surface area contributed by atoms with E-state index in [-0.39, 0.29) is 5.78 Å². The summed E-state index contributed by atoms with van der Waals surface area (Å²) in [5.41, 5.74) is 3.31. The number of hydrogen-bond donors (Lipinski definition) is 0. The molecule has 1 aliphatic heterocycles. The summed E-state index contributed by atoms with van der Waals surface area (Å²) in [6.45, 7) is 8.01. The lowest BCUT2D eigenvalue weighted by atomic mass is 10.0. The molecule has 1 aromatic carbocycles. The van der Waals surface area contributed by atoms with Crippen molar-refractivity contribution in [2.45, 2.75) is 46.1 Å². The van der Waals surface area contributed by atoms with E-state index in [0.717, 1.165) is 12.1 Å². The van der Waals surface area contributed by atoms with Crippen LogP contribution in [0.15, 0.2) is 18.2 Å². The number of ketones is 1. The Kier molecular flexibility index (Phi) is 4.18. The van der Waals surface area contributed by atoms with E-state index in [0.29, 0.717) is 12.6 Å². The zero-order valence-electron chi connectivity index (χ0n) is 11.7. The average Bonchev–Trinajstić information content (AvgIpc) is 2.35. The standard InChI is InChI=1S/C16H23NO/c1-12-7-8-15(10-13(12)2)16(18)11-17-9-5-4-6-14(17)3/h7-8,10,14H,4-6,9,11H2,1-3H3. The largest absolute Gasteiger partial charge is 0.293 e. The van der Waals surface area contributed by atoms with Gasteiger partial charge in [0, 0.05) is 11.6 Å². The highest BCUT2D eigenvalue weighted by molar-refractivity contribution is 5.97. The maximum Gasteiger partial charge on any atom is 0.176 e. The van der Waals surface area contributed by atoms with Crippen LogP contribution in [0.25, 0.3) is 0 Å². The highest BCUT2D eigenvalue weighted by atomic mass is 16.1. The van der Waals surface area contributed by atoms with E-state index >= 15 is 0 Å². The van der Waals surface area contributed by atoms with Gasteiger partial charge in [-0.1, -0.05) is 18.6 Å². The number of benzene rings is 1. The summed E-state index contributed by atoms with van der Waals surface area (Å²) in [6.07, 6.45) is 3.75. The minimum atomic E-state index is 0.256. The Balaban J connectivity index is 2.04. The second kappa shape index (κ2) is 5.66. The van der Waals surface area contributed by atoms with Gasteiger partial charge in [-0.2, -0.15) is 0 Å². The minimum Gasteiger partial charge on any atom is -0.293 e. The summed E-state index contributed by atoms with van der Waals surface area (Å²) < 4.78 is 0. The molecule has 0 saturated carbocycles. The monoisotopic (exact) mass is 245 g/mol. The highest BCUT2D eigenvalue weighted by Gasteiger charge is 2.21. The maximum absolute atomic E-state index is 12.3. The Labute approximate surface area is 110 Å². The summed E-state index contributed by atoms with van der Waals surface area (Å²) in [5.74, 6) is 0.256. The molecule has 0 aromatic heterocycles. The van der Waals surface area contributed by atoms with Crippen LogP contribution in [-0.2, 0) is 0 Å². The number of piperidine rings is 1. The van der Waals surface area contributed by atoms with Gasteiger partial charge in [0.1, 0.15) is 0 Å². The second-order valence-electron chi connectivity index (χ2n) is 5.54. The molecule has 1 fully saturated rings. The third kappa shape index (κ3) is 2.99. The number of carbonyl (C=O) groups is 1. The minimum absolute atomic E-state index is 0.256. The van der Waals surface area contributed by atoms with Crippen LogP contribution in [0.5, 0.6) is 0 Å². The molecular weight excluding hydrogens is 222 g/mol. The molecule has 0 amide bonds. The molecular formula is C16H23NO. The van der Waals surface area contributed by atoms with Gasteiger partial charge in [-0.05, 0) is 57.4 Å². The van der Waals surface area contributed by atoms with E-state index in [1.165, 1.54) is 30.4 Å². The normalized spacial score (nSPS) is 20.9. The molecule has 1 saturated heterocycles. The fourth-order valence-electron chi connectivity index (χ4n) is 2.58. The summed E-state index contributed by atoms with van der Waals surface area (Å²) in [4.78, 5) is 14.6. The Morgan fingerprint density at radius 1 is 1.28 bits per heavy atom. The van der Waals surface area contributed by atoms with E-state index in [1.54, 1.807) is 0 Å². The van der Waals surface area contributed by atoms with Crippen molar-refractivity contribution in [1.82, 2.24) is 4.90 Å². The molecule has 2 rings (SSSR count). The van der Waals surface area contributed by atoms with Crippen molar-refractivity contribution >= 4 is 5.78 Å². The van der Waals surface area contributed by atoms with E-state index in [2.05, 4.69) is 25.7 Å². The van der Waals surface area contributed by atoms with Gasteiger partial charge in [-0.15, -0.1) is 0 Å². The Morgan fingerprint density at radius 3 is 2.72 bits per heavy atom. The number of rotatable bonds is 3. The van der Waals surface area contributed by atoms with Crippen molar-refractivity contribution in [2.75, 3.05) is 13.1 Å². The number of nitrogens with zero attached hydrogens (tertiary/aromatic N) is 1. The lowest BCUT2D eigenvalue weighted by molar-refractivity contribution is 0.0860. The van der Waals surface area contributed by atoms with Gasteiger partial charge in [-0.3, -0.25) is 9.69 Å². The second-order valence-corrected chi connectivity index (χ2v) is 5.54. The van der Waals surface area contributed by atoms with Crippen LogP contribution in [0, 0.1) is 13.8 Å². The van der Waals surface area contributed by atoms with E-state index in [9.17, 15) is 4.79 Å². The zero-order valence-corrected chi connectivity index (χ0v) is 11.7. The molecule has 1 heterocycles. The predicted octanol–water partition coefficient (Wildman–Crippen LogP) is 3.36. The summed E-state index contributed by atoms with van der Waals surface area (Å²) in [7, 11) is 0. The Hall–Kier alpha value is -1.15. The van der Waals surface area contributed by atoms with Crippen LogP contribution in [0.3, 0.4) is 0 Å². The van der Waals surface area contributed by atoms with Crippen molar-refractivity contribution in [2.24, 2.45) is 0 Å². The van der Waals surface area contributed by atoms with E-state index < -0.39 is 0 Å². The van der Waals surface area contributed by atoms with Crippen LogP contribution >= 0.6 is 0 Å². The van der Waals surface area contributed by atoms with Crippen LogP contribution in [0.4, 0.5) is 0 Å². The van der Waals surface area contributed by atoms with Gasteiger partial charge >= 0.3 is 0 Å². The number of likely N-dealkylation sites (tertiary alicyclic amines) is 1. The molecule has 98 valence electrons. The fourth-order valence-corrected chi connectivity index (χ4v) is 2.58. The molecule has 2 heteroatoms. The van der Waals surface area contributed by atoms with Gasteiger partial charge in [0.05, 0.1) is 6.54 Å². The third-order valence-electron chi connectivity index (χ3n) is 4.12. The number of aryl methyl sites for hydroxylation is 2. The van der Waals surface area contributed by atoms with Crippen LogP contribution in [-0.4, -0.2) is 29.8 Å². The average molecular weight is 245 g/mol. The van der Waals surface area contributed by atoms with Crippen LogP contribution < -0.4 is 0 Å². The summed E-state index contributed by atoms with van der Waals surface area (Å²) in [6, 6.07) is 6.57. The van der Waals surface area contributed by atoms with Crippen molar-refractivity contribution in [3.63, 3.8) is 0 Å². The Morgan fingerprint density at radius 2 is 2.06 bits per heavy atom. The highest BCUT2D eigenvalue weighted by Crippen LogP contribution is 2.17. The first kappa shape index (κ1) is 13.3. The molecule has 0 bridgehead atoms. The first-order valence-electron chi connectivity index (χ1n) is 6.92. The van der Waals surface area contributed by atoms with Gasteiger partial charge in [0.2, 0.25) is 0 Å². The van der Waals surface area contributed by atoms with Crippen molar-refractivity contribution in [1.29, 1.82) is 0 Å². The molecule has 0 aliphatic carbocycles. The first-order valence-corrected chi connectivity index (χ1v) is 6.92. The molecule has 0 radical (unpaired) electrons. The lowest BCUT2D eigenvalue weighted by Crippen LogP contribution is -2.40. The maximum atomic E-state index is 12.3. The number of Topliss-reactive ketones (excluding diaryl/α,β-unsaturated/α-hetero) is 1. The molecule has 1 aromatic rings. The predicted molar refractivity (Wildman–Crippen MR) is 75.1 cm³/mol. The molecule has 1 atom stereocenters. The quantitative estimate of drug-likeness (QED) is 0.761. The molecule has 18 heavy (non-hydrogen) atoms. The molecule has 1 unspecified atom stereocenters. The Bertz CT molecular complexity index is 439. The zero-order chi connectivity index (χ0) is 13.1. The first-order chi connectivity index (χ1) is 8.58. The van der Waals surface area contributed by atoms with Crippen molar-refractivity contribution < 1.29 is 4.79 Å². The van der Waals surface area contributed by atoms with Gasteiger partial charge in [0.15, 0.2) is 5.78 Å². The molecule has 0 N–H and O–H groups in total. The molecule has 2 nitrogen and oxygen atoms in total.